The summed E-state index contributed by atoms with van der Waals surface area (Å²) in [5.74, 6) is -0.390. The summed E-state index contributed by atoms with van der Waals surface area (Å²) in [7, 11) is 0. The van der Waals surface area contributed by atoms with E-state index in [2.05, 4.69) is 22.5 Å². The van der Waals surface area contributed by atoms with Crippen molar-refractivity contribution in [2.75, 3.05) is 0 Å². The van der Waals surface area contributed by atoms with Gasteiger partial charge in [-0.3, -0.25) is 0 Å². The van der Waals surface area contributed by atoms with Crippen molar-refractivity contribution in [2.24, 2.45) is 0 Å². The van der Waals surface area contributed by atoms with E-state index in [1.165, 1.54) is 0 Å². The Morgan fingerprint density at radius 1 is 2.00 bits per heavy atom. The van der Waals surface area contributed by atoms with E-state index in [1.54, 1.807) is 0 Å². The highest BCUT2D eigenvalue weighted by molar-refractivity contribution is 9.09. The van der Waals surface area contributed by atoms with E-state index in [1.807, 2.05) is 6.92 Å². The molecule has 0 spiro atoms. The number of hydrogen-bond donors (Lipinski definition) is 0. The van der Waals surface area contributed by atoms with Crippen LogP contribution in [-0.4, -0.2) is 11.0 Å². The van der Waals surface area contributed by atoms with Crippen LogP contribution in [0.5, 0.6) is 0 Å². The third-order valence-electron chi connectivity index (χ3n) is 0.732. The van der Waals surface area contributed by atoms with Crippen LogP contribution < -0.4 is 0 Å². The Morgan fingerprint density at radius 2 is 2.56 bits per heavy atom. The number of carbonyl (C=O) groups excluding carboxylic acids is 1. The molecule has 1 unspecified atom stereocenters. The Hall–Kier alpha value is -0.310. The number of carbonyl (C=O) groups is 1. The lowest BCUT2D eigenvalue weighted by Gasteiger charge is -2.05. The molecule has 9 heavy (non-hydrogen) atoms. The van der Waals surface area contributed by atoms with Crippen molar-refractivity contribution in [3.05, 3.63) is 12.7 Å². The third kappa shape index (κ3) is 4.21. The van der Waals surface area contributed by atoms with Crippen LogP contribution in [0.25, 0.3) is 0 Å². The smallest absolute Gasteiger partial charge is 0.331 e. The predicted octanol–water partition coefficient (Wildman–Crippen LogP) is 1.85. The number of halogens is 1. The largest absolute Gasteiger partial charge is 0.448 e. The van der Waals surface area contributed by atoms with Gasteiger partial charge in [-0.1, -0.05) is 13.5 Å². The fraction of sp³-hybridized carbons (Fsp3) is 0.500. The molecule has 0 bridgehead atoms. The Labute approximate surface area is 63.0 Å². The van der Waals surface area contributed by atoms with Crippen molar-refractivity contribution in [1.29, 1.82) is 0 Å². The lowest BCUT2D eigenvalue weighted by Crippen LogP contribution is -2.07. The fourth-order valence-electron chi connectivity index (χ4n) is 0.257. The standard InChI is InChI=1S/C6H9BrO2/c1-3-5(7)9-6(8)4-2/h4-5H,2-3H2,1H3. The van der Waals surface area contributed by atoms with Crippen molar-refractivity contribution < 1.29 is 9.53 Å². The summed E-state index contributed by atoms with van der Waals surface area (Å²) in [6.45, 7) is 5.17. The van der Waals surface area contributed by atoms with Crippen LogP contribution in [-0.2, 0) is 9.53 Å². The van der Waals surface area contributed by atoms with Crippen LogP contribution in [0.2, 0.25) is 0 Å². The van der Waals surface area contributed by atoms with Crippen molar-refractivity contribution >= 4 is 21.9 Å². The lowest BCUT2D eigenvalue weighted by atomic mass is 10.5. The molecule has 2 nitrogen and oxygen atoms in total. The van der Waals surface area contributed by atoms with E-state index in [9.17, 15) is 4.79 Å². The van der Waals surface area contributed by atoms with E-state index in [-0.39, 0.29) is 5.01 Å². The SMILES string of the molecule is C=CC(=O)OC(Br)CC. The van der Waals surface area contributed by atoms with E-state index in [0.29, 0.717) is 0 Å². The molecule has 52 valence electrons. The molecule has 0 aromatic heterocycles. The maximum absolute atomic E-state index is 10.4. The maximum atomic E-state index is 10.4. The van der Waals surface area contributed by atoms with Gasteiger partial charge >= 0.3 is 5.97 Å². The van der Waals surface area contributed by atoms with Crippen LogP contribution in [0.4, 0.5) is 0 Å². The molecule has 0 aliphatic carbocycles. The van der Waals surface area contributed by atoms with Gasteiger partial charge in [-0.05, 0) is 22.4 Å². The van der Waals surface area contributed by atoms with Gasteiger partial charge in [0.1, 0.15) is 0 Å². The van der Waals surface area contributed by atoms with Gasteiger partial charge < -0.3 is 4.74 Å². The molecule has 0 aliphatic rings. The molecule has 0 saturated carbocycles. The topological polar surface area (TPSA) is 26.3 Å². The molecule has 0 aromatic carbocycles. The first-order valence-electron chi connectivity index (χ1n) is 2.67. The highest BCUT2D eigenvalue weighted by Crippen LogP contribution is 2.05. The minimum atomic E-state index is -0.390. The first kappa shape index (κ1) is 8.69. The highest BCUT2D eigenvalue weighted by atomic mass is 79.9. The molecule has 0 amide bonds. The molecule has 3 heteroatoms. The molecule has 0 aliphatic heterocycles. The van der Waals surface area contributed by atoms with E-state index < -0.39 is 5.97 Å². The third-order valence-corrected chi connectivity index (χ3v) is 1.57. The average molecular weight is 193 g/mol. The number of esters is 1. The van der Waals surface area contributed by atoms with Crippen molar-refractivity contribution in [2.45, 2.75) is 18.4 Å². The number of rotatable bonds is 3. The van der Waals surface area contributed by atoms with Gasteiger partial charge in [0.25, 0.3) is 0 Å². The van der Waals surface area contributed by atoms with Gasteiger partial charge in [-0.2, -0.15) is 0 Å². The van der Waals surface area contributed by atoms with Crippen molar-refractivity contribution in [3.63, 3.8) is 0 Å². The van der Waals surface area contributed by atoms with Gasteiger partial charge in [0, 0.05) is 6.08 Å². The molecule has 0 radical (unpaired) electrons. The minimum Gasteiger partial charge on any atom is -0.448 e. The van der Waals surface area contributed by atoms with Crippen molar-refractivity contribution in [1.82, 2.24) is 0 Å². The Kier molecular flexibility index (Phi) is 4.40. The van der Waals surface area contributed by atoms with Crippen LogP contribution in [0, 0.1) is 0 Å². The maximum Gasteiger partial charge on any atom is 0.331 e. The quantitative estimate of drug-likeness (QED) is 0.388. The van der Waals surface area contributed by atoms with Gasteiger partial charge in [0.05, 0.1) is 0 Å². The molecule has 0 rings (SSSR count). The summed E-state index contributed by atoms with van der Waals surface area (Å²) in [5.41, 5.74) is 0. The summed E-state index contributed by atoms with van der Waals surface area (Å²) in [6, 6.07) is 0. The summed E-state index contributed by atoms with van der Waals surface area (Å²) in [4.78, 5) is 10.4. The van der Waals surface area contributed by atoms with Crippen LogP contribution in [0.1, 0.15) is 13.3 Å². The van der Waals surface area contributed by atoms with Gasteiger partial charge in [0.2, 0.25) is 0 Å². The molecule has 0 saturated heterocycles. The fourth-order valence-corrected chi connectivity index (χ4v) is 0.442. The molecular weight excluding hydrogens is 184 g/mol. The van der Waals surface area contributed by atoms with Gasteiger partial charge in [-0.25, -0.2) is 4.79 Å². The zero-order chi connectivity index (χ0) is 7.28. The molecule has 1 atom stereocenters. The summed E-state index contributed by atoms with van der Waals surface area (Å²) in [6.07, 6.45) is 1.91. The van der Waals surface area contributed by atoms with Gasteiger partial charge in [0.15, 0.2) is 5.01 Å². The zero-order valence-corrected chi connectivity index (χ0v) is 6.85. The Morgan fingerprint density at radius 3 is 2.89 bits per heavy atom. The molecule has 0 fully saturated rings. The monoisotopic (exact) mass is 192 g/mol. The summed E-state index contributed by atoms with van der Waals surface area (Å²) in [5, 5.41) is -0.178. The molecule has 0 N–H and O–H groups in total. The summed E-state index contributed by atoms with van der Waals surface area (Å²) < 4.78 is 4.71. The van der Waals surface area contributed by atoms with E-state index in [0.717, 1.165) is 12.5 Å². The number of alkyl halides is 1. The number of ether oxygens (including phenoxy) is 1. The van der Waals surface area contributed by atoms with Crippen molar-refractivity contribution in [3.8, 4) is 0 Å². The van der Waals surface area contributed by atoms with Gasteiger partial charge in [-0.15, -0.1) is 0 Å². The highest BCUT2D eigenvalue weighted by Gasteiger charge is 2.02. The molecule has 0 aromatic rings. The minimum absolute atomic E-state index is 0.178. The zero-order valence-electron chi connectivity index (χ0n) is 5.26. The Balaban J connectivity index is 3.46. The molecule has 0 heterocycles. The predicted molar refractivity (Wildman–Crippen MR) is 39.3 cm³/mol. The first-order chi connectivity index (χ1) is 4.20. The number of hydrogen-bond acceptors (Lipinski definition) is 2. The summed E-state index contributed by atoms with van der Waals surface area (Å²) >= 11 is 3.13. The van der Waals surface area contributed by atoms with E-state index >= 15 is 0 Å². The second kappa shape index (κ2) is 4.56. The Bertz CT molecular complexity index is 112. The first-order valence-corrected chi connectivity index (χ1v) is 3.59. The van der Waals surface area contributed by atoms with E-state index in [4.69, 9.17) is 4.74 Å². The second-order valence-corrected chi connectivity index (χ2v) is 2.48. The van der Waals surface area contributed by atoms with Crippen LogP contribution in [0.15, 0.2) is 12.7 Å². The second-order valence-electron chi connectivity index (χ2n) is 1.46. The van der Waals surface area contributed by atoms with Crippen LogP contribution in [0.3, 0.4) is 0 Å². The lowest BCUT2D eigenvalue weighted by molar-refractivity contribution is -0.138. The normalized spacial score (nSPS) is 12.2. The molecular formula is C6H9BrO2. The average Bonchev–Trinajstić information content (AvgIpc) is 1.87. The van der Waals surface area contributed by atoms with Crippen LogP contribution >= 0.6 is 15.9 Å².